The molecule has 0 atom stereocenters. The second-order valence-corrected chi connectivity index (χ2v) is 5.82. The molecule has 0 radical (unpaired) electrons. The summed E-state index contributed by atoms with van der Waals surface area (Å²) in [6, 6.07) is 15.8. The van der Waals surface area contributed by atoms with Crippen molar-refractivity contribution in [1.29, 1.82) is 0 Å². The lowest BCUT2D eigenvalue weighted by Gasteiger charge is -2.48. The van der Waals surface area contributed by atoms with Gasteiger partial charge >= 0.3 is 0 Å². The highest BCUT2D eigenvalue weighted by atomic mass is 19.1. The first-order valence-electron chi connectivity index (χ1n) is 7.01. The number of hydrogen-bond donors (Lipinski definition) is 0. The quantitative estimate of drug-likeness (QED) is 0.802. The maximum atomic E-state index is 14.1. The van der Waals surface area contributed by atoms with Gasteiger partial charge in [0, 0.05) is 30.6 Å². The zero-order valence-corrected chi connectivity index (χ0v) is 11.2. The van der Waals surface area contributed by atoms with Gasteiger partial charge in [-0.3, -0.25) is 4.90 Å². The summed E-state index contributed by atoms with van der Waals surface area (Å²) < 4.78 is 14.1. The Labute approximate surface area is 118 Å². The van der Waals surface area contributed by atoms with E-state index in [4.69, 9.17) is 0 Å². The number of nitrogens with zero attached hydrogens (tertiary/aromatic N) is 1. The third kappa shape index (κ3) is 1.72. The van der Waals surface area contributed by atoms with Gasteiger partial charge in [-0.1, -0.05) is 54.6 Å². The van der Waals surface area contributed by atoms with Crippen LogP contribution in [0, 0.1) is 5.82 Å². The predicted molar refractivity (Wildman–Crippen MR) is 78.8 cm³/mol. The molecule has 1 spiro atoms. The van der Waals surface area contributed by atoms with E-state index in [9.17, 15) is 4.39 Å². The van der Waals surface area contributed by atoms with Crippen molar-refractivity contribution in [3.63, 3.8) is 0 Å². The van der Waals surface area contributed by atoms with Crippen LogP contribution in [0.4, 0.5) is 4.39 Å². The van der Waals surface area contributed by atoms with Gasteiger partial charge in [0.05, 0.1) is 0 Å². The molecule has 2 aromatic rings. The van der Waals surface area contributed by atoms with E-state index in [2.05, 4.69) is 41.3 Å². The van der Waals surface area contributed by atoms with Gasteiger partial charge < -0.3 is 0 Å². The number of rotatable bonds is 2. The first-order chi connectivity index (χ1) is 9.77. The van der Waals surface area contributed by atoms with Gasteiger partial charge in [0.15, 0.2) is 0 Å². The summed E-state index contributed by atoms with van der Waals surface area (Å²) in [7, 11) is 0. The van der Waals surface area contributed by atoms with Crippen LogP contribution < -0.4 is 0 Å². The Morgan fingerprint density at radius 3 is 2.60 bits per heavy atom. The molecule has 1 heterocycles. The fraction of sp³-hybridized carbons (Fsp3) is 0.222. The Bertz CT molecular complexity index is 669. The maximum Gasteiger partial charge on any atom is 0.127 e. The van der Waals surface area contributed by atoms with Crippen LogP contribution in [0.25, 0.3) is 6.08 Å². The lowest BCUT2D eigenvalue weighted by molar-refractivity contribution is 0.0898. The number of fused-ring (bicyclic) bond motifs is 2. The summed E-state index contributed by atoms with van der Waals surface area (Å²) in [6.07, 6.45) is 4.25. The average molecular weight is 265 g/mol. The summed E-state index contributed by atoms with van der Waals surface area (Å²) in [4.78, 5) is 2.38. The van der Waals surface area contributed by atoms with Crippen molar-refractivity contribution in [1.82, 2.24) is 4.90 Å². The minimum atomic E-state index is -0.0878. The molecule has 0 amide bonds. The molecule has 0 bridgehead atoms. The molecule has 0 N–H and O–H groups in total. The summed E-state index contributed by atoms with van der Waals surface area (Å²) in [5.74, 6) is -0.0631. The second-order valence-electron chi connectivity index (χ2n) is 5.82. The van der Waals surface area contributed by atoms with Crippen molar-refractivity contribution in [2.45, 2.75) is 12.0 Å². The highest BCUT2D eigenvalue weighted by molar-refractivity contribution is 5.67. The first kappa shape index (κ1) is 11.9. The SMILES string of the molecule is Fc1cccc2c1C1(C=C2)CN(Cc2ccccc2)C1. The van der Waals surface area contributed by atoms with Crippen molar-refractivity contribution in [2.24, 2.45) is 0 Å². The first-order valence-corrected chi connectivity index (χ1v) is 7.01. The molecule has 0 aromatic heterocycles. The van der Waals surface area contributed by atoms with Gasteiger partial charge in [0.2, 0.25) is 0 Å². The lowest BCUT2D eigenvalue weighted by atomic mass is 9.75. The number of halogens is 1. The van der Waals surface area contributed by atoms with E-state index in [1.807, 2.05) is 12.1 Å². The van der Waals surface area contributed by atoms with Crippen molar-refractivity contribution in [3.05, 3.63) is 77.1 Å². The van der Waals surface area contributed by atoms with Crippen LogP contribution >= 0.6 is 0 Å². The van der Waals surface area contributed by atoms with E-state index < -0.39 is 0 Å². The topological polar surface area (TPSA) is 3.24 Å². The standard InChI is InChI=1S/C18H16FN/c19-16-8-4-7-15-9-10-18(17(15)16)12-20(13-18)11-14-5-2-1-3-6-14/h1-10H,11-13H2. The number of likely N-dealkylation sites (tertiary alicyclic amines) is 1. The Balaban J connectivity index is 1.54. The van der Waals surface area contributed by atoms with Gasteiger partial charge in [-0.15, -0.1) is 0 Å². The molecule has 0 unspecified atom stereocenters. The average Bonchev–Trinajstić information content (AvgIpc) is 2.81. The van der Waals surface area contributed by atoms with Crippen LogP contribution in [0.15, 0.2) is 54.6 Å². The molecule has 1 nitrogen and oxygen atoms in total. The van der Waals surface area contributed by atoms with Crippen LogP contribution in [0.1, 0.15) is 16.7 Å². The van der Waals surface area contributed by atoms with E-state index in [-0.39, 0.29) is 11.2 Å². The second kappa shape index (κ2) is 4.29. The van der Waals surface area contributed by atoms with Gasteiger partial charge in [-0.2, -0.15) is 0 Å². The third-order valence-corrected chi connectivity index (χ3v) is 4.39. The van der Waals surface area contributed by atoms with Crippen molar-refractivity contribution in [2.75, 3.05) is 13.1 Å². The zero-order chi connectivity index (χ0) is 13.6. The summed E-state index contributed by atoms with van der Waals surface area (Å²) >= 11 is 0. The molecular formula is C18H16FN. The normalized spacial score (nSPS) is 19.1. The largest absolute Gasteiger partial charge is 0.297 e. The van der Waals surface area contributed by atoms with Gasteiger partial charge in [-0.25, -0.2) is 4.39 Å². The van der Waals surface area contributed by atoms with Gasteiger partial charge in [0.1, 0.15) is 5.82 Å². The summed E-state index contributed by atoms with van der Waals surface area (Å²) in [5, 5.41) is 0. The van der Waals surface area contributed by atoms with Crippen LogP contribution in [-0.4, -0.2) is 18.0 Å². The predicted octanol–water partition coefficient (Wildman–Crippen LogP) is 3.61. The van der Waals surface area contributed by atoms with E-state index in [1.165, 1.54) is 5.56 Å². The minimum absolute atomic E-state index is 0.0631. The van der Waals surface area contributed by atoms with Gasteiger partial charge in [0.25, 0.3) is 0 Å². The molecule has 2 heteroatoms. The molecule has 0 saturated carbocycles. The monoisotopic (exact) mass is 265 g/mol. The van der Waals surface area contributed by atoms with Crippen molar-refractivity contribution >= 4 is 6.08 Å². The lowest BCUT2D eigenvalue weighted by Crippen LogP contribution is -2.57. The van der Waals surface area contributed by atoms with Crippen LogP contribution in [0.2, 0.25) is 0 Å². The zero-order valence-electron chi connectivity index (χ0n) is 11.2. The fourth-order valence-corrected chi connectivity index (χ4v) is 3.51. The minimum Gasteiger partial charge on any atom is -0.297 e. The Morgan fingerprint density at radius 1 is 1.00 bits per heavy atom. The highest BCUT2D eigenvalue weighted by Crippen LogP contribution is 2.44. The van der Waals surface area contributed by atoms with Crippen LogP contribution in [-0.2, 0) is 12.0 Å². The molecule has 2 aliphatic rings. The fourth-order valence-electron chi connectivity index (χ4n) is 3.51. The van der Waals surface area contributed by atoms with E-state index in [1.54, 1.807) is 12.1 Å². The number of hydrogen-bond acceptors (Lipinski definition) is 1. The van der Waals surface area contributed by atoms with Crippen molar-refractivity contribution in [3.8, 4) is 0 Å². The van der Waals surface area contributed by atoms with E-state index in [0.717, 1.165) is 30.8 Å². The van der Waals surface area contributed by atoms with Crippen LogP contribution in [0.5, 0.6) is 0 Å². The Hall–Kier alpha value is -1.93. The summed E-state index contributed by atoms with van der Waals surface area (Å²) in [5.41, 5.74) is 3.17. The third-order valence-electron chi connectivity index (χ3n) is 4.39. The molecule has 4 rings (SSSR count). The smallest absolute Gasteiger partial charge is 0.127 e. The molecule has 2 aromatic carbocycles. The molecule has 100 valence electrons. The molecule has 1 aliphatic heterocycles. The summed E-state index contributed by atoms with van der Waals surface area (Å²) in [6.45, 7) is 2.76. The van der Waals surface area contributed by atoms with Gasteiger partial charge in [-0.05, 0) is 17.2 Å². The van der Waals surface area contributed by atoms with Crippen molar-refractivity contribution < 1.29 is 4.39 Å². The molecular weight excluding hydrogens is 249 g/mol. The van der Waals surface area contributed by atoms with Crippen LogP contribution in [0.3, 0.4) is 0 Å². The van der Waals surface area contributed by atoms with E-state index in [0.29, 0.717) is 0 Å². The molecule has 1 aliphatic carbocycles. The number of benzene rings is 2. The highest BCUT2D eigenvalue weighted by Gasteiger charge is 2.46. The Kier molecular flexibility index (Phi) is 2.54. The molecule has 1 saturated heterocycles. The Morgan fingerprint density at radius 2 is 1.80 bits per heavy atom. The van der Waals surface area contributed by atoms with E-state index >= 15 is 0 Å². The molecule has 20 heavy (non-hydrogen) atoms. The maximum absolute atomic E-state index is 14.1. The molecule has 1 fully saturated rings.